The van der Waals surface area contributed by atoms with Crippen LogP contribution < -0.4 is 9.47 Å². The maximum absolute atomic E-state index is 12.1. The zero-order chi connectivity index (χ0) is 17.9. The van der Waals surface area contributed by atoms with Crippen LogP contribution in [0.2, 0.25) is 0 Å². The molecule has 4 rings (SSSR count). The van der Waals surface area contributed by atoms with Crippen LogP contribution in [0.1, 0.15) is 22.6 Å². The molecule has 0 amide bonds. The lowest BCUT2D eigenvalue weighted by atomic mass is 9.82. The van der Waals surface area contributed by atoms with Gasteiger partial charge in [-0.3, -0.25) is 4.79 Å². The van der Waals surface area contributed by atoms with E-state index in [0.29, 0.717) is 11.3 Å². The van der Waals surface area contributed by atoms with Crippen molar-refractivity contribution in [3.63, 3.8) is 0 Å². The number of para-hydroxylation sites is 1. The third-order valence-electron chi connectivity index (χ3n) is 4.63. The Morgan fingerprint density at radius 2 is 1.58 bits per heavy atom. The summed E-state index contributed by atoms with van der Waals surface area (Å²) in [5.41, 5.74) is 3.54. The summed E-state index contributed by atoms with van der Waals surface area (Å²) >= 11 is 0. The van der Waals surface area contributed by atoms with Crippen molar-refractivity contribution in [1.82, 2.24) is 0 Å². The van der Waals surface area contributed by atoms with Gasteiger partial charge in [0.05, 0.1) is 7.11 Å². The Morgan fingerprint density at radius 1 is 0.885 bits per heavy atom. The van der Waals surface area contributed by atoms with Gasteiger partial charge in [0.1, 0.15) is 17.3 Å². The van der Waals surface area contributed by atoms with Gasteiger partial charge in [0.15, 0.2) is 6.29 Å². The number of allylic oxidation sites excluding steroid dienone is 1. The maximum Gasteiger partial charge on any atom is 0.150 e. The van der Waals surface area contributed by atoms with Gasteiger partial charge in [-0.05, 0) is 35.9 Å². The quantitative estimate of drug-likeness (QED) is 0.637. The first kappa shape index (κ1) is 16.2. The zero-order valence-corrected chi connectivity index (χ0v) is 14.4. The second-order valence-electron chi connectivity index (χ2n) is 6.11. The number of fused-ring (bicyclic) bond motifs is 1. The van der Waals surface area contributed by atoms with E-state index in [1.807, 2.05) is 78.9 Å². The summed E-state index contributed by atoms with van der Waals surface area (Å²) in [6, 6.07) is 25.5. The monoisotopic (exact) mass is 342 g/mol. The van der Waals surface area contributed by atoms with Crippen molar-refractivity contribution in [2.24, 2.45) is 0 Å². The van der Waals surface area contributed by atoms with Crippen LogP contribution in [-0.2, 0) is 4.79 Å². The van der Waals surface area contributed by atoms with Crippen LogP contribution in [0.5, 0.6) is 11.5 Å². The lowest BCUT2D eigenvalue weighted by molar-refractivity contribution is -0.105. The highest BCUT2D eigenvalue weighted by Gasteiger charge is 2.31. The van der Waals surface area contributed by atoms with Crippen LogP contribution in [0, 0.1) is 0 Å². The standard InChI is InChI=1S/C23H18O3/c1-25-18-13-11-17(12-14-18)23-20(15-24)22(16-7-3-2-4-8-16)19-9-5-6-10-21(19)26-23/h2-15,22H,1H3. The summed E-state index contributed by atoms with van der Waals surface area (Å²) < 4.78 is 11.4. The first-order chi connectivity index (χ1) is 12.8. The number of rotatable bonds is 4. The summed E-state index contributed by atoms with van der Waals surface area (Å²) in [5.74, 6) is 1.97. The Balaban J connectivity index is 1.91. The maximum atomic E-state index is 12.1. The number of hydrogen-bond donors (Lipinski definition) is 0. The predicted octanol–water partition coefficient (Wildman–Crippen LogP) is 4.83. The van der Waals surface area contributed by atoms with Gasteiger partial charge in [0.25, 0.3) is 0 Å². The van der Waals surface area contributed by atoms with Crippen molar-refractivity contribution in [2.45, 2.75) is 5.92 Å². The molecule has 3 heteroatoms. The number of aldehydes is 1. The fraction of sp³-hybridized carbons (Fsp3) is 0.0870. The molecule has 26 heavy (non-hydrogen) atoms. The number of methoxy groups -OCH3 is 1. The summed E-state index contributed by atoms with van der Waals surface area (Å²) in [7, 11) is 1.63. The van der Waals surface area contributed by atoms with E-state index in [0.717, 1.165) is 34.5 Å². The van der Waals surface area contributed by atoms with E-state index in [2.05, 4.69) is 0 Å². The Labute approximate surface area is 152 Å². The molecule has 0 bridgehead atoms. The van der Waals surface area contributed by atoms with Crippen LogP contribution in [0.25, 0.3) is 5.76 Å². The summed E-state index contributed by atoms with van der Waals surface area (Å²) in [4.78, 5) is 12.1. The van der Waals surface area contributed by atoms with Crippen molar-refractivity contribution < 1.29 is 14.3 Å². The van der Waals surface area contributed by atoms with Crippen LogP contribution in [0.3, 0.4) is 0 Å². The minimum atomic E-state index is -0.157. The molecule has 1 unspecified atom stereocenters. The van der Waals surface area contributed by atoms with Gasteiger partial charge in [-0.25, -0.2) is 0 Å². The molecule has 0 spiro atoms. The summed E-state index contributed by atoms with van der Waals surface area (Å²) in [5, 5.41) is 0. The second kappa shape index (κ2) is 6.89. The van der Waals surface area contributed by atoms with Crippen LogP contribution in [0.4, 0.5) is 0 Å². The van der Waals surface area contributed by atoms with Gasteiger partial charge in [-0.1, -0.05) is 48.5 Å². The first-order valence-electron chi connectivity index (χ1n) is 8.47. The zero-order valence-electron chi connectivity index (χ0n) is 14.4. The van der Waals surface area contributed by atoms with E-state index < -0.39 is 0 Å². The van der Waals surface area contributed by atoms with E-state index in [-0.39, 0.29) is 5.92 Å². The smallest absolute Gasteiger partial charge is 0.150 e. The van der Waals surface area contributed by atoms with Crippen molar-refractivity contribution in [1.29, 1.82) is 0 Å². The van der Waals surface area contributed by atoms with Gasteiger partial charge < -0.3 is 9.47 Å². The second-order valence-corrected chi connectivity index (χ2v) is 6.11. The minimum absolute atomic E-state index is 0.157. The highest BCUT2D eigenvalue weighted by atomic mass is 16.5. The Kier molecular flexibility index (Phi) is 4.28. The summed E-state index contributed by atoms with van der Waals surface area (Å²) in [6.45, 7) is 0. The molecule has 0 aliphatic carbocycles. The van der Waals surface area contributed by atoms with Crippen molar-refractivity contribution >= 4 is 12.0 Å². The van der Waals surface area contributed by atoms with Crippen molar-refractivity contribution in [3.8, 4) is 11.5 Å². The third kappa shape index (κ3) is 2.78. The highest BCUT2D eigenvalue weighted by molar-refractivity contribution is 5.91. The molecule has 0 aromatic heterocycles. The van der Waals surface area contributed by atoms with E-state index in [9.17, 15) is 4.79 Å². The number of benzene rings is 3. The van der Waals surface area contributed by atoms with Gasteiger partial charge in [0.2, 0.25) is 0 Å². The minimum Gasteiger partial charge on any atom is -0.497 e. The van der Waals surface area contributed by atoms with Crippen molar-refractivity contribution in [2.75, 3.05) is 7.11 Å². The molecule has 128 valence electrons. The molecule has 3 nitrogen and oxygen atoms in total. The lowest BCUT2D eigenvalue weighted by Crippen LogP contribution is -2.17. The number of hydrogen-bond acceptors (Lipinski definition) is 3. The molecule has 1 heterocycles. The predicted molar refractivity (Wildman–Crippen MR) is 101 cm³/mol. The van der Waals surface area contributed by atoms with E-state index in [1.165, 1.54) is 0 Å². The number of ether oxygens (including phenoxy) is 2. The molecule has 0 fully saturated rings. The SMILES string of the molecule is COc1ccc(C2=C(C=O)C(c3ccccc3)c3ccccc3O2)cc1. The van der Waals surface area contributed by atoms with Crippen molar-refractivity contribution in [3.05, 3.63) is 101 Å². The molecule has 0 saturated heterocycles. The molecule has 3 aromatic rings. The lowest BCUT2D eigenvalue weighted by Gasteiger charge is -2.29. The van der Waals surface area contributed by atoms with E-state index >= 15 is 0 Å². The van der Waals surface area contributed by atoms with Crippen LogP contribution >= 0.6 is 0 Å². The Bertz CT molecular complexity index is 956. The fourth-order valence-electron chi connectivity index (χ4n) is 3.37. The Morgan fingerprint density at radius 3 is 2.27 bits per heavy atom. The third-order valence-corrected chi connectivity index (χ3v) is 4.63. The van der Waals surface area contributed by atoms with Gasteiger partial charge in [-0.15, -0.1) is 0 Å². The highest BCUT2D eigenvalue weighted by Crippen LogP contribution is 2.44. The number of carbonyl (C=O) groups excluding carboxylic acids is 1. The molecular weight excluding hydrogens is 324 g/mol. The number of carbonyl (C=O) groups is 1. The molecule has 1 atom stereocenters. The normalized spacial score (nSPS) is 15.8. The topological polar surface area (TPSA) is 35.5 Å². The average Bonchev–Trinajstić information content (AvgIpc) is 2.73. The summed E-state index contributed by atoms with van der Waals surface area (Å²) in [6.07, 6.45) is 0.910. The van der Waals surface area contributed by atoms with Crippen LogP contribution in [-0.4, -0.2) is 13.4 Å². The molecule has 0 N–H and O–H groups in total. The molecule has 1 aliphatic heterocycles. The van der Waals surface area contributed by atoms with Gasteiger partial charge >= 0.3 is 0 Å². The molecule has 0 saturated carbocycles. The van der Waals surface area contributed by atoms with Gasteiger partial charge in [-0.2, -0.15) is 0 Å². The molecule has 0 radical (unpaired) electrons. The first-order valence-corrected chi connectivity index (χ1v) is 8.47. The van der Waals surface area contributed by atoms with E-state index in [4.69, 9.17) is 9.47 Å². The molecular formula is C23H18O3. The van der Waals surface area contributed by atoms with Crippen LogP contribution in [0.15, 0.2) is 84.4 Å². The van der Waals surface area contributed by atoms with E-state index in [1.54, 1.807) is 7.11 Å². The van der Waals surface area contributed by atoms with Gasteiger partial charge in [0, 0.05) is 22.6 Å². The fourth-order valence-corrected chi connectivity index (χ4v) is 3.37. The molecule has 3 aromatic carbocycles. The average molecular weight is 342 g/mol. The largest absolute Gasteiger partial charge is 0.497 e. The molecule has 1 aliphatic rings. The Hall–Kier alpha value is -3.33.